The zero-order valence-electron chi connectivity index (χ0n) is 11.0. The minimum absolute atomic E-state index is 0.0832. The van der Waals surface area contributed by atoms with Crippen LogP contribution >= 0.6 is 0 Å². The molecule has 1 unspecified atom stereocenters. The van der Waals surface area contributed by atoms with Crippen LogP contribution in [0.25, 0.3) is 0 Å². The highest BCUT2D eigenvalue weighted by molar-refractivity contribution is 6.02. The Morgan fingerprint density at radius 2 is 2.10 bits per heavy atom. The summed E-state index contributed by atoms with van der Waals surface area (Å²) in [6, 6.07) is 3.80. The summed E-state index contributed by atoms with van der Waals surface area (Å²) in [6.07, 6.45) is 0.673. The lowest BCUT2D eigenvalue weighted by Gasteiger charge is -2.26. The van der Waals surface area contributed by atoms with Gasteiger partial charge in [-0.05, 0) is 30.5 Å². The van der Waals surface area contributed by atoms with Gasteiger partial charge in [0.1, 0.15) is 11.4 Å². The van der Waals surface area contributed by atoms with Crippen LogP contribution < -0.4 is 10.6 Å². The van der Waals surface area contributed by atoms with Gasteiger partial charge in [-0.3, -0.25) is 9.59 Å². The van der Waals surface area contributed by atoms with Crippen molar-refractivity contribution in [3.8, 4) is 0 Å². The van der Waals surface area contributed by atoms with Crippen LogP contribution in [0, 0.1) is 5.82 Å². The Kier molecular flexibility index (Phi) is 2.93. The van der Waals surface area contributed by atoms with Crippen molar-refractivity contribution in [2.45, 2.75) is 30.7 Å². The predicted octanol–water partition coefficient (Wildman–Crippen LogP) is 0.985. The number of rotatable bonds is 3. The number of amides is 2. The maximum Gasteiger partial charge on any atom is 0.329 e. The Balaban J connectivity index is 1.87. The van der Waals surface area contributed by atoms with Gasteiger partial charge in [-0.2, -0.15) is 0 Å². The van der Waals surface area contributed by atoms with Gasteiger partial charge < -0.3 is 15.7 Å². The number of carboxylic acid groups (broad SMARTS) is 1. The van der Waals surface area contributed by atoms with Crippen molar-refractivity contribution in [3.63, 3.8) is 0 Å². The van der Waals surface area contributed by atoms with E-state index in [4.69, 9.17) is 5.11 Å². The number of hydrogen-bond acceptors (Lipinski definition) is 3. The Labute approximate surface area is 119 Å². The molecule has 1 aliphatic heterocycles. The van der Waals surface area contributed by atoms with E-state index in [1.807, 2.05) is 0 Å². The van der Waals surface area contributed by atoms with Crippen LogP contribution in [0.3, 0.4) is 0 Å². The summed E-state index contributed by atoms with van der Waals surface area (Å²) < 4.78 is 13.2. The molecule has 0 aromatic heterocycles. The Bertz CT molecular complexity index is 654. The molecule has 2 amide bonds. The second-order valence-corrected chi connectivity index (χ2v) is 5.41. The number of carboxylic acids is 1. The number of hydrogen-bond donors (Lipinski definition) is 3. The first-order valence-electron chi connectivity index (χ1n) is 6.56. The maximum absolute atomic E-state index is 13.2. The lowest BCUT2D eigenvalue weighted by molar-refractivity contribution is -0.143. The van der Waals surface area contributed by atoms with E-state index in [0.29, 0.717) is 18.4 Å². The monoisotopic (exact) mass is 292 g/mol. The Hall–Kier alpha value is -2.44. The van der Waals surface area contributed by atoms with Gasteiger partial charge in [0.2, 0.25) is 11.8 Å². The molecule has 21 heavy (non-hydrogen) atoms. The molecule has 1 atom stereocenters. The molecule has 0 spiro atoms. The highest BCUT2D eigenvalue weighted by Crippen LogP contribution is 2.38. The Morgan fingerprint density at radius 1 is 1.38 bits per heavy atom. The molecular formula is C14H13FN2O4. The fraction of sp³-hybridized carbons (Fsp3) is 0.357. The summed E-state index contributed by atoms with van der Waals surface area (Å²) in [5, 5.41) is 14.1. The van der Waals surface area contributed by atoms with E-state index in [9.17, 15) is 18.8 Å². The molecule has 0 saturated heterocycles. The third kappa shape index (κ3) is 2.35. The number of benzene rings is 1. The van der Waals surface area contributed by atoms with Crippen molar-refractivity contribution in [2.75, 3.05) is 5.32 Å². The minimum atomic E-state index is -1.20. The van der Waals surface area contributed by atoms with E-state index in [1.54, 1.807) is 0 Å². The molecule has 6 nitrogen and oxygen atoms in total. The predicted molar refractivity (Wildman–Crippen MR) is 70.1 cm³/mol. The molecule has 2 aliphatic rings. The molecule has 0 bridgehead atoms. The smallest absolute Gasteiger partial charge is 0.329 e. The molecule has 0 radical (unpaired) electrons. The van der Waals surface area contributed by atoms with Gasteiger partial charge in [-0.25, -0.2) is 9.18 Å². The standard InChI is InChI=1S/C14H13FN2O4/c15-7-1-2-8-9(6-11(18)16-10(8)5-7)12(19)17-14(3-4-14)13(20)21/h1-2,5,9H,3-4,6H2,(H,16,18)(H,17,19)(H,20,21). The number of anilines is 1. The van der Waals surface area contributed by atoms with Crippen molar-refractivity contribution in [1.29, 1.82) is 0 Å². The first-order chi connectivity index (χ1) is 9.91. The first kappa shape index (κ1) is 13.5. The molecule has 1 aliphatic carbocycles. The number of carbonyl (C=O) groups excluding carboxylic acids is 2. The van der Waals surface area contributed by atoms with Crippen LogP contribution in [0.5, 0.6) is 0 Å². The van der Waals surface area contributed by atoms with Gasteiger partial charge in [-0.15, -0.1) is 0 Å². The van der Waals surface area contributed by atoms with E-state index >= 15 is 0 Å². The molecule has 1 heterocycles. The van der Waals surface area contributed by atoms with Gasteiger partial charge >= 0.3 is 5.97 Å². The highest BCUT2D eigenvalue weighted by atomic mass is 19.1. The second kappa shape index (κ2) is 4.54. The quantitative estimate of drug-likeness (QED) is 0.774. The summed E-state index contributed by atoms with van der Waals surface area (Å²) in [7, 11) is 0. The highest BCUT2D eigenvalue weighted by Gasteiger charge is 2.52. The fourth-order valence-electron chi connectivity index (χ4n) is 2.51. The van der Waals surface area contributed by atoms with Crippen LogP contribution in [0.1, 0.15) is 30.7 Å². The summed E-state index contributed by atoms with van der Waals surface area (Å²) in [6.45, 7) is 0. The third-order valence-corrected chi connectivity index (χ3v) is 3.89. The molecule has 110 valence electrons. The molecule has 1 aromatic carbocycles. The summed E-state index contributed by atoms with van der Waals surface area (Å²) >= 11 is 0. The zero-order chi connectivity index (χ0) is 15.2. The summed E-state index contributed by atoms with van der Waals surface area (Å²) in [5.74, 6) is -3.30. The first-order valence-corrected chi connectivity index (χ1v) is 6.56. The molecule has 7 heteroatoms. The lowest BCUT2D eigenvalue weighted by atomic mass is 9.89. The van der Waals surface area contributed by atoms with Gasteiger partial charge in [-0.1, -0.05) is 6.07 Å². The van der Waals surface area contributed by atoms with E-state index < -0.39 is 35.1 Å². The van der Waals surface area contributed by atoms with Crippen LogP contribution in [-0.4, -0.2) is 28.4 Å². The van der Waals surface area contributed by atoms with Crippen molar-refractivity contribution < 1.29 is 23.9 Å². The average molecular weight is 292 g/mol. The topological polar surface area (TPSA) is 95.5 Å². The van der Waals surface area contributed by atoms with E-state index in [-0.39, 0.29) is 12.1 Å². The lowest BCUT2D eigenvalue weighted by Crippen LogP contribution is -2.46. The molecule has 3 N–H and O–H groups in total. The van der Waals surface area contributed by atoms with Crippen molar-refractivity contribution in [1.82, 2.24) is 5.32 Å². The number of aliphatic carboxylic acids is 1. The van der Waals surface area contributed by atoms with Crippen molar-refractivity contribution in [3.05, 3.63) is 29.6 Å². The fourth-order valence-corrected chi connectivity index (χ4v) is 2.51. The van der Waals surface area contributed by atoms with Gasteiger partial charge in [0, 0.05) is 12.1 Å². The van der Waals surface area contributed by atoms with E-state index in [1.165, 1.54) is 12.1 Å². The number of halogens is 1. The van der Waals surface area contributed by atoms with Crippen LogP contribution in [-0.2, 0) is 14.4 Å². The normalized spacial score (nSPS) is 22.0. The van der Waals surface area contributed by atoms with E-state index in [0.717, 1.165) is 6.07 Å². The molecular weight excluding hydrogens is 279 g/mol. The molecule has 1 fully saturated rings. The maximum atomic E-state index is 13.2. The minimum Gasteiger partial charge on any atom is -0.480 e. The summed E-state index contributed by atoms with van der Waals surface area (Å²) in [5.41, 5.74) is -0.452. The third-order valence-electron chi connectivity index (χ3n) is 3.89. The summed E-state index contributed by atoms with van der Waals surface area (Å²) in [4.78, 5) is 35.1. The zero-order valence-corrected chi connectivity index (χ0v) is 11.0. The van der Waals surface area contributed by atoms with Crippen molar-refractivity contribution in [2.24, 2.45) is 0 Å². The second-order valence-electron chi connectivity index (χ2n) is 5.41. The van der Waals surface area contributed by atoms with E-state index in [2.05, 4.69) is 10.6 Å². The van der Waals surface area contributed by atoms with Crippen LogP contribution in [0.2, 0.25) is 0 Å². The Morgan fingerprint density at radius 3 is 2.71 bits per heavy atom. The molecule has 3 rings (SSSR count). The van der Waals surface area contributed by atoms with Crippen LogP contribution in [0.15, 0.2) is 18.2 Å². The van der Waals surface area contributed by atoms with Gasteiger partial charge in [0.25, 0.3) is 0 Å². The molecule has 1 saturated carbocycles. The number of nitrogens with one attached hydrogen (secondary N) is 2. The van der Waals surface area contributed by atoms with Crippen LogP contribution in [0.4, 0.5) is 10.1 Å². The number of carbonyl (C=O) groups is 3. The SMILES string of the molecule is O=C1CC(C(=O)NC2(C(=O)O)CC2)c2ccc(F)cc2N1. The average Bonchev–Trinajstić information content (AvgIpc) is 3.18. The van der Waals surface area contributed by atoms with Gasteiger partial charge in [0.05, 0.1) is 5.92 Å². The largest absolute Gasteiger partial charge is 0.480 e. The van der Waals surface area contributed by atoms with Gasteiger partial charge in [0.15, 0.2) is 0 Å². The van der Waals surface area contributed by atoms with Crippen molar-refractivity contribution >= 4 is 23.5 Å². The number of fused-ring (bicyclic) bond motifs is 1. The molecule has 1 aromatic rings.